The standard InChI is InChI=1S/C16H26FN3OS/c1-12(21-14-8-6-13(17)7-9-14)10-19-15(18-4)20-11-16(2,3)22-5/h6-9,12H,10-11H2,1-5H3,(H2,18,19,20). The molecule has 1 aromatic rings. The van der Waals surface area contributed by atoms with E-state index in [9.17, 15) is 4.39 Å². The zero-order valence-corrected chi connectivity index (χ0v) is 14.8. The van der Waals surface area contributed by atoms with E-state index in [4.69, 9.17) is 4.74 Å². The minimum Gasteiger partial charge on any atom is -0.489 e. The molecule has 0 bridgehead atoms. The summed E-state index contributed by atoms with van der Waals surface area (Å²) in [5.74, 6) is 1.14. The summed E-state index contributed by atoms with van der Waals surface area (Å²) in [6, 6.07) is 6.03. The number of nitrogens with one attached hydrogen (secondary N) is 2. The van der Waals surface area contributed by atoms with Crippen molar-refractivity contribution in [2.45, 2.75) is 31.6 Å². The molecule has 0 amide bonds. The van der Waals surface area contributed by atoms with Gasteiger partial charge in [-0.1, -0.05) is 0 Å². The van der Waals surface area contributed by atoms with Crippen LogP contribution in [0.15, 0.2) is 29.3 Å². The Kier molecular flexibility index (Phi) is 7.51. The summed E-state index contributed by atoms with van der Waals surface area (Å²) in [7, 11) is 1.74. The van der Waals surface area contributed by atoms with E-state index in [0.717, 1.165) is 12.5 Å². The Bertz CT molecular complexity index is 477. The lowest BCUT2D eigenvalue weighted by Crippen LogP contribution is -2.45. The van der Waals surface area contributed by atoms with Crippen molar-refractivity contribution in [3.05, 3.63) is 30.1 Å². The first-order valence-electron chi connectivity index (χ1n) is 7.28. The molecule has 22 heavy (non-hydrogen) atoms. The quantitative estimate of drug-likeness (QED) is 0.597. The molecule has 0 spiro atoms. The highest BCUT2D eigenvalue weighted by Gasteiger charge is 2.16. The summed E-state index contributed by atoms with van der Waals surface area (Å²) in [5.41, 5.74) is 0. The topological polar surface area (TPSA) is 45.7 Å². The van der Waals surface area contributed by atoms with Crippen LogP contribution in [0.5, 0.6) is 5.75 Å². The molecular weight excluding hydrogens is 301 g/mol. The number of rotatable bonds is 7. The highest BCUT2D eigenvalue weighted by Crippen LogP contribution is 2.19. The average molecular weight is 327 g/mol. The van der Waals surface area contributed by atoms with Gasteiger partial charge in [0.2, 0.25) is 0 Å². The van der Waals surface area contributed by atoms with E-state index in [1.165, 1.54) is 12.1 Å². The number of guanidine groups is 1. The van der Waals surface area contributed by atoms with Crippen LogP contribution < -0.4 is 15.4 Å². The number of ether oxygens (including phenoxy) is 1. The molecule has 1 rings (SSSR count). The van der Waals surface area contributed by atoms with Crippen LogP contribution in [0, 0.1) is 5.82 Å². The van der Waals surface area contributed by atoms with E-state index in [1.54, 1.807) is 30.9 Å². The van der Waals surface area contributed by atoms with E-state index in [2.05, 4.69) is 35.7 Å². The minimum absolute atomic E-state index is 0.0578. The van der Waals surface area contributed by atoms with Crippen molar-refractivity contribution in [1.29, 1.82) is 0 Å². The fourth-order valence-corrected chi connectivity index (χ4v) is 1.83. The minimum atomic E-state index is -0.265. The Morgan fingerprint density at radius 1 is 1.32 bits per heavy atom. The first-order valence-corrected chi connectivity index (χ1v) is 8.50. The van der Waals surface area contributed by atoms with Crippen molar-refractivity contribution in [2.24, 2.45) is 4.99 Å². The normalized spacial score (nSPS) is 13.6. The van der Waals surface area contributed by atoms with Gasteiger partial charge in [0, 0.05) is 18.3 Å². The lowest BCUT2D eigenvalue weighted by Gasteiger charge is -2.24. The number of hydrogen-bond acceptors (Lipinski definition) is 3. The average Bonchev–Trinajstić information content (AvgIpc) is 2.50. The second-order valence-electron chi connectivity index (χ2n) is 5.65. The number of nitrogens with zero attached hydrogens (tertiary/aromatic N) is 1. The molecule has 4 nitrogen and oxygen atoms in total. The third kappa shape index (κ3) is 7.02. The van der Waals surface area contributed by atoms with Gasteiger partial charge in [-0.05, 0) is 51.3 Å². The van der Waals surface area contributed by atoms with Crippen molar-refractivity contribution in [2.75, 3.05) is 26.4 Å². The molecule has 6 heteroatoms. The second-order valence-corrected chi connectivity index (χ2v) is 7.17. The van der Waals surface area contributed by atoms with Crippen LogP contribution in [0.2, 0.25) is 0 Å². The predicted molar refractivity (Wildman–Crippen MR) is 93.4 cm³/mol. The Morgan fingerprint density at radius 3 is 2.50 bits per heavy atom. The molecule has 2 N–H and O–H groups in total. The highest BCUT2D eigenvalue weighted by atomic mass is 32.2. The van der Waals surface area contributed by atoms with Gasteiger partial charge in [-0.2, -0.15) is 11.8 Å². The number of thioether (sulfide) groups is 1. The lowest BCUT2D eigenvalue weighted by atomic mass is 10.2. The van der Waals surface area contributed by atoms with Crippen LogP contribution in [0.1, 0.15) is 20.8 Å². The SMILES string of the molecule is CN=C(NCC(C)Oc1ccc(F)cc1)NCC(C)(C)SC. The number of halogens is 1. The monoisotopic (exact) mass is 327 g/mol. The molecule has 124 valence electrons. The zero-order chi connectivity index (χ0) is 16.6. The Labute approximate surface area is 136 Å². The van der Waals surface area contributed by atoms with Gasteiger partial charge in [0.1, 0.15) is 17.7 Å². The fourth-order valence-electron chi connectivity index (χ4n) is 1.62. The van der Waals surface area contributed by atoms with E-state index < -0.39 is 0 Å². The Hall–Kier alpha value is -1.43. The molecule has 0 saturated heterocycles. The molecule has 0 heterocycles. The third-order valence-corrected chi connectivity index (χ3v) is 4.42. The molecular formula is C16H26FN3OS. The number of hydrogen-bond donors (Lipinski definition) is 2. The van der Waals surface area contributed by atoms with Gasteiger partial charge in [-0.3, -0.25) is 4.99 Å². The zero-order valence-electron chi connectivity index (χ0n) is 13.9. The molecule has 0 aromatic heterocycles. The van der Waals surface area contributed by atoms with Crippen LogP contribution in [-0.4, -0.2) is 43.2 Å². The van der Waals surface area contributed by atoms with Crippen LogP contribution >= 0.6 is 11.8 Å². The van der Waals surface area contributed by atoms with Gasteiger partial charge < -0.3 is 15.4 Å². The second kappa shape index (κ2) is 8.88. The molecule has 0 aliphatic rings. The van der Waals surface area contributed by atoms with E-state index in [1.807, 2.05) is 6.92 Å². The van der Waals surface area contributed by atoms with Gasteiger partial charge in [0.25, 0.3) is 0 Å². The van der Waals surface area contributed by atoms with Crippen molar-refractivity contribution >= 4 is 17.7 Å². The highest BCUT2D eigenvalue weighted by molar-refractivity contribution is 7.99. The maximum Gasteiger partial charge on any atom is 0.191 e. The number of benzene rings is 1. The van der Waals surface area contributed by atoms with Crippen LogP contribution in [0.4, 0.5) is 4.39 Å². The van der Waals surface area contributed by atoms with Crippen LogP contribution in [0.3, 0.4) is 0 Å². The van der Waals surface area contributed by atoms with Crippen molar-refractivity contribution in [3.63, 3.8) is 0 Å². The first kappa shape index (κ1) is 18.6. The van der Waals surface area contributed by atoms with Gasteiger partial charge in [-0.25, -0.2) is 4.39 Å². The summed E-state index contributed by atoms with van der Waals surface area (Å²) in [6.45, 7) is 7.74. The summed E-state index contributed by atoms with van der Waals surface area (Å²) >= 11 is 1.81. The molecule has 0 radical (unpaired) electrons. The Balaban J connectivity index is 2.38. The van der Waals surface area contributed by atoms with E-state index in [0.29, 0.717) is 12.3 Å². The lowest BCUT2D eigenvalue weighted by molar-refractivity contribution is 0.223. The van der Waals surface area contributed by atoms with Crippen molar-refractivity contribution < 1.29 is 9.13 Å². The van der Waals surface area contributed by atoms with Crippen molar-refractivity contribution in [1.82, 2.24) is 10.6 Å². The summed E-state index contributed by atoms with van der Waals surface area (Å²) < 4.78 is 18.7. The molecule has 0 aliphatic carbocycles. The first-order chi connectivity index (χ1) is 10.4. The number of aliphatic imine (C=N–C) groups is 1. The smallest absolute Gasteiger partial charge is 0.191 e. The summed E-state index contributed by atoms with van der Waals surface area (Å²) in [4.78, 5) is 4.20. The van der Waals surface area contributed by atoms with Gasteiger partial charge >= 0.3 is 0 Å². The maximum absolute atomic E-state index is 12.8. The summed E-state index contributed by atoms with van der Waals surface area (Å²) in [6.07, 6.45) is 2.04. The van der Waals surface area contributed by atoms with Gasteiger partial charge in [-0.15, -0.1) is 0 Å². The molecule has 0 saturated carbocycles. The maximum atomic E-state index is 12.8. The van der Waals surface area contributed by atoms with Gasteiger partial charge in [0.05, 0.1) is 6.54 Å². The predicted octanol–water partition coefficient (Wildman–Crippen LogP) is 2.90. The fraction of sp³-hybridized carbons (Fsp3) is 0.562. The molecule has 1 unspecified atom stereocenters. The van der Waals surface area contributed by atoms with Crippen molar-refractivity contribution in [3.8, 4) is 5.75 Å². The summed E-state index contributed by atoms with van der Waals surface area (Å²) in [5, 5.41) is 6.53. The Morgan fingerprint density at radius 2 is 1.95 bits per heavy atom. The van der Waals surface area contributed by atoms with Crippen LogP contribution in [-0.2, 0) is 0 Å². The molecule has 0 aliphatic heterocycles. The van der Waals surface area contributed by atoms with E-state index >= 15 is 0 Å². The van der Waals surface area contributed by atoms with E-state index in [-0.39, 0.29) is 16.7 Å². The molecule has 1 atom stereocenters. The largest absolute Gasteiger partial charge is 0.489 e. The molecule has 1 aromatic carbocycles. The van der Waals surface area contributed by atoms with Crippen LogP contribution in [0.25, 0.3) is 0 Å². The third-order valence-electron chi connectivity index (χ3n) is 3.17. The molecule has 0 fully saturated rings. The van der Waals surface area contributed by atoms with Gasteiger partial charge in [0.15, 0.2) is 5.96 Å².